The van der Waals surface area contributed by atoms with Gasteiger partial charge in [-0.1, -0.05) is 63.2 Å². The van der Waals surface area contributed by atoms with E-state index < -0.39 is 0 Å². The van der Waals surface area contributed by atoms with Gasteiger partial charge in [-0.05, 0) is 82.8 Å². The number of hydrazone groups is 1. The maximum Gasteiger partial charge on any atom is 0.271 e. The van der Waals surface area contributed by atoms with E-state index in [0.717, 1.165) is 22.4 Å². The van der Waals surface area contributed by atoms with Gasteiger partial charge >= 0.3 is 0 Å². The first kappa shape index (κ1) is 26.4. The molecule has 0 unspecified atom stereocenters. The molecule has 192 valence electrons. The Morgan fingerprint density at radius 3 is 2.00 bits per heavy atom. The molecule has 0 aliphatic heterocycles. The summed E-state index contributed by atoms with van der Waals surface area (Å²) in [6.07, 6.45) is 1.57. The highest BCUT2D eigenvalue weighted by Crippen LogP contribution is 2.22. The average Bonchev–Trinajstić information content (AvgIpc) is 2.93. The monoisotopic (exact) mass is 505 g/mol. The Hall–Kier alpha value is -4.71. The van der Waals surface area contributed by atoms with E-state index in [9.17, 15) is 9.59 Å². The van der Waals surface area contributed by atoms with Crippen molar-refractivity contribution < 1.29 is 14.3 Å². The smallest absolute Gasteiger partial charge is 0.271 e. The van der Waals surface area contributed by atoms with Crippen LogP contribution < -0.4 is 15.5 Å². The second-order valence-corrected chi connectivity index (χ2v) is 9.90. The van der Waals surface area contributed by atoms with Gasteiger partial charge in [0.25, 0.3) is 11.8 Å². The summed E-state index contributed by atoms with van der Waals surface area (Å²) < 4.78 is 5.78. The first-order valence-corrected chi connectivity index (χ1v) is 12.4. The Bertz CT molecular complexity index is 1390. The van der Waals surface area contributed by atoms with Crippen molar-refractivity contribution in [3.05, 3.63) is 131 Å². The van der Waals surface area contributed by atoms with E-state index in [0.29, 0.717) is 23.4 Å². The number of carbonyl (C=O) groups excluding carboxylic acids is 2. The van der Waals surface area contributed by atoms with Crippen molar-refractivity contribution in [1.82, 2.24) is 5.43 Å². The lowest BCUT2D eigenvalue weighted by Gasteiger charge is -2.19. The minimum absolute atomic E-state index is 0.0255. The zero-order valence-corrected chi connectivity index (χ0v) is 21.8. The van der Waals surface area contributed by atoms with Crippen molar-refractivity contribution in [2.24, 2.45) is 5.10 Å². The van der Waals surface area contributed by atoms with E-state index in [1.54, 1.807) is 30.5 Å². The molecular weight excluding hydrogens is 474 g/mol. The fourth-order valence-electron chi connectivity index (χ4n) is 3.65. The average molecular weight is 506 g/mol. The van der Waals surface area contributed by atoms with E-state index in [2.05, 4.69) is 36.6 Å². The summed E-state index contributed by atoms with van der Waals surface area (Å²) in [5.74, 6) is 0.201. The number of amides is 2. The van der Waals surface area contributed by atoms with Crippen LogP contribution in [0.5, 0.6) is 5.75 Å². The van der Waals surface area contributed by atoms with Crippen LogP contribution in [0.3, 0.4) is 0 Å². The van der Waals surface area contributed by atoms with Gasteiger partial charge in [0.1, 0.15) is 12.4 Å². The van der Waals surface area contributed by atoms with Crippen LogP contribution >= 0.6 is 0 Å². The van der Waals surface area contributed by atoms with Crippen LogP contribution in [-0.4, -0.2) is 18.0 Å². The van der Waals surface area contributed by atoms with Crippen LogP contribution in [0.4, 0.5) is 5.69 Å². The maximum atomic E-state index is 12.6. The molecular formula is C32H31N3O3. The van der Waals surface area contributed by atoms with Crippen molar-refractivity contribution in [1.29, 1.82) is 0 Å². The van der Waals surface area contributed by atoms with Gasteiger partial charge in [-0.3, -0.25) is 9.59 Å². The predicted octanol–water partition coefficient (Wildman–Crippen LogP) is 6.58. The van der Waals surface area contributed by atoms with Crippen LogP contribution in [0.15, 0.2) is 108 Å². The normalized spacial score (nSPS) is 11.2. The van der Waals surface area contributed by atoms with E-state index in [1.807, 2.05) is 78.9 Å². The highest BCUT2D eigenvalue weighted by Gasteiger charge is 2.14. The molecule has 2 amide bonds. The van der Waals surface area contributed by atoms with Gasteiger partial charge in [-0.2, -0.15) is 5.10 Å². The number of nitrogens with one attached hydrogen (secondary N) is 2. The van der Waals surface area contributed by atoms with Crippen molar-refractivity contribution in [3.63, 3.8) is 0 Å². The second-order valence-electron chi connectivity index (χ2n) is 9.90. The minimum atomic E-state index is -0.347. The number of ether oxygens (including phenoxy) is 1. The standard InChI is InChI=1S/C32H31N3O3/c1-32(2,3)27-15-11-25(12-16-27)30(36)34-28-17-13-26(14-18-28)31(37)35-33-21-23-9-19-29(20-10-23)38-22-24-7-5-4-6-8-24/h4-21H,22H2,1-3H3,(H,34,36)(H,35,37)/b33-21+. The summed E-state index contributed by atoms with van der Waals surface area (Å²) in [6, 6.07) is 31.6. The topological polar surface area (TPSA) is 79.8 Å². The molecule has 4 aromatic carbocycles. The summed E-state index contributed by atoms with van der Waals surface area (Å²) >= 11 is 0. The number of hydrogen-bond donors (Lipinski definition) is 2. The molecule has 0 bridgehead atoms. The summed E-state index contributed by atoms with van der Waals surface area (Å²) in [5.41, 5.74) is 7.24. The quantitative estimate of drug-likeness (QED) is 0.210. The van der Waals surface area contributed by atoms with E-state index >= 15 is 0 Å². The van der Waals surface area contributed by atoms with Gasteiger partial charge in [0.05, 0.1) is 6.21 Å². The van der Waals surface area contributed by atoms with Gasteiger partial charge < -0.3 is 10.1 Å². The molecule has 0 heterocycles. The fourth-order valence-corrected chi connectivity index (χ4v) is 3.65. The first-order valence-electron chi connectivity index (χ1n) is 12.4. The maximum absolute atomic E-state index is 12.6. The third kappa shape index (κ3) is 7.40. The highest BCUT2D eigenvalue weighted by molar-refractivity contribution is 6.04. The third-order valence-corrected chi connectivity index (χ3v) is 5.93. The number of benzene rings is 4. The minimum Gasteiger partial charge on any atom is -0.489 e. The zero-order valence-electron chi connectivity index (χ0n) is 21.8. The van der Waals surface area contributed by atoms with Crippen LogP contribution in [-0.2, 0) is 12.0 Å². The molecule has 0 spiro atoms. The number of anilines is 1. The van der Waals surface area contributed by atoms with Gasteiger partial charge in [0.15, 0.2) is 0 Å². The summed E-state index contributed by atoms with van der Waals surface area (Å²) in [6.45, 7) is 6.89. The second kappa shape index (κ2) is 12.0. The van der Waals surface area contributed by atoms with Crippen molar-refractivity contribution >= 4 is 23.7 Å². The molecule has 0 atom stereocenters. The van der Waals surface area contributed by atoms with Gasteiger partial charge in [-0.15, -0.1) is 0 Å². The number of nitrogens with zero attached hydrogens (tertiary/aromatic N) is 1. The van der Waals surface area contributed by atoms with Crippen LogP contribution in [0.25, 0.3) is 0 Å². The first-order chi connectivity index (χ1) is 18.3. The van der Waals surface area contributed by atoms with Crippen molar-refractivity contribution in [2.75, 3.05) is 5.32 Å². The molecule has 0 aliphatic rings. The Kier molecular flexibility index (Phi) is 8.34. The molecule has 0 saturated heterocycles. The van der Waals surface area contributed by atoms with Gasteiger partial charge in [0.2, 0.25) is 0 Å². The van der Waals surface area contributed by atoms with E-state index in [1.165, 1.54) is 0 Å². The van der Waals surface area contributed by atoms with Crippen LogP contribution in [0, 0.1) is 0 Å². The molecule has 0 fully saturated rings. The summed E-state index contributed by atoms with van der Waals surface area (Å²) in [7, 11) is 0. The Morgan fingerprint density at radius 2 is 1.37 bits per heavy atom. The third-order valence-electron chi connectivity index (χ3n) is 5.93. The predicted molar refractivity (Wildman–Crippen MR) is 152 cm³/mol. The Balaban J connectivity index is 1.26. The summed E-state index contributed by atoms with van der Waals surface area (Å²) in [5, 5.41) is 6.90. The Morgan fingerprint density at radius 1 is 0.763 bits per heavy atom. The van der Waals surface area contributed by atoms with Crippen LogP contribution in [0.2, 0.25) is 0 Å². The van der Waals surface area contributed by atoms with Crippen LogP contribution in [0.1, 0.15) is 58.2 Å². The molecule has 38 heavy (non-hydrogen) atoms. The molecule has 4 aromatic rings. The number of rotatable bonds is 8. The SMILES string of the molecule is CC(C)(C)c1ccc(C(=O)Nc2ccc(C(=O)N/N=C/c3ccc(OCc4ccccc4)cc3)cc2)cc1. The van der Waals surface area contributed by atoms with E-state index in [-0.39, 0.29) is 17.2 Å². The number of carbonyl (C=O) groups is 2. The largest absolute Gasteiger partial charge is 0.489 e. The lowest BCUT2D eigenvalue weighted by molar-refractivity contribution is 0.0954. The Labute approximate surface area is 223 Å². The zero-order chi connectivity index (χ0) is 27.0. The molecule has 6 heteroatoms. The van der Waals surface area contributed by atoms with Gasteiger partial charge in [-0.25, -0.2) is 5.43 Å². The highest BCUT2D eigenvalue weighted by atomic mass is 16.5. The molecule has 6 nitrogen and oxygen atoms in total. The van der Waals surface area contributed by atoms with E-state index in [4.69, 9.17) is 4.74 Å². The molecule has 0 aliphatic carbocycles. The fraction of sp³-hybridized carbons (Fsp3) is 0.156. The van der Waals surface area contributed by atoms with Crippen molar-refractivity contribution in [2.45, 2.75) is 32.8 Å². The molecule has 0 radical (unpaired) electrons. The summed E-state index contributed by atoms with van der Waals surface area (Å²) in [4.78, 5) is 25.0. The molecule has 0 saturated carbocycles. The lowest BCUT2D eigenvalue weighted by atomic mass is 9.87. The molecule has 0 aromatic heterocycles. The van der Waals surface area contributed by atoms with Crippen molar-refractivity contribution in [3.8, 4) is 5.75 Å². The number of hydrogen-bond acceptors (Lipinski definition) is 4. The van der Waals surface area contributed by atoms with Gasteiger partial charge in [0, 0.05) is 16.8 Å². The molecule has 4 rings (SSSR count). The molecule has 2 N–H and O–H groups in total. The lowest BCUT2D eigenvalue weighted by Crippen LogP contribution is -2.18.